The molecule has 1 aliphatic rings. The second-order valence-electron chi connectivity index (χ2n) is 5.82. The average Bonchev–Trinajstić information content (AvgIpc) is 2.72. The minimum Gasteiger partial charge on any atom is -0.496 e. The van der Waals surface area contributed by atoms with Gasteiger partial charge in [-0.15, -0.1) is 0 Å². The zero-order valence-electron chi connectivity index (χ0n) is 15.4. The number of hydrogen-bond donors (Lipinski definition) is 0. The average molecular weight is 356 g/mol. The number of nitrogens with zero attached hydrogens (tertiary/aromatic N) is 4. The lowest BCUT2D eigenvalue weighted by Gasteiger charge is -2.33. The minimum absolute atomic E-state index is 0.630. The fourth-order valence-corrected chi connectivity index (χ4v) is 2.88. The molecule has 0 aliphatic carbocycles. The summed E-state index contributed by atoms with van der Waals surface area (Å²) >= 11 is 0. The van der Waals surface area contributed by atoms with E-state index in [1.165, 1.54) is 0 Å². The van der Waals surface area contributed by atoms with Crippen LogP contribution in [0, 0.1) is 0 Å². The lowest BCUT2D eigenvalue weighted by molar-refractivity contribution is 0.271. The maximum absolute atomic E-state index is 5.44. The van der Waals surface area contributed by atoms with Crippen molar-refractivity contribution in [2.24, 2.45) is 5.10 Å². The van der Waals surface area contributed by atoms with E-state index in [1.807, 2.05) is 30.5 Å². The van der Waals surface area contributed by atoms with E-state index < -0.39 is 0 Å². The van der Waals surface area contributed by atoms with Crippen LogP contribution in [0.2, 0.25) is 0 Å². The molecule has 2 heterocycles. The van der Waals surface area contributed by atoms with Gasteiger partial charge in [0.05, 0.1) is 40.6 Å². The molecule has 0 unspecified atom stereocenters. The fraction of sp³-hybridized carbons (Fsp3) is 0.368. The molecule has 7 heteroatoms. The van der Waals surface area contributed by atoms with Gasteiger partial charge in [-0.1, -0.05) is 6.07 Å². The van der Waals surface area contributed by atoms with Crippen LogP contribution in [-0.4, -0.2) is 63.7 Å². The highest BCUT2D eigenvalue weighted by Crippen LogP contribution is 2.33. The molecule has 1 aromatic heterocycles. The lowest BCUT2D eigenvalue weighted by Crippen LogP contribution is -2.44. The largest absolute Gasteiger partial charge is 0.496 e. The molecular formula is C19H24N4O3. The van der Waals surface area contributed by atoms with Crippen LogP contribution in [0.1, 0.15) is 5.56 Å². The smallest absolute Gasteiger partial charge is 0.164 e. The molecule has 1 aliphatic heterocycles. The Morgan fingerprint density at radius 1 is 0.923 bits per heavy atom. The molecule has 0 spiro atoms. The molecule has 1 saturated heterocycles. The Kier molecular flexibility index (Phi) is 5.78. The van der Waals surface area contributed by atoms with Gasteiger partial charge in [-0.2, -0.15) is 5.10 Å². The number of piperazine rings is 1. The Morgan fingerprint density at radius 2 is 1.62 bits per heavy atom. The number of benzene rings is 1. The highest BCUT2D eigenvalue weighted by atomic mass is 16.5. The molecule has 0 radical (unpaired) electrons. The fourth-order valence-electron chi connectivity index (χ4n) is 2.88. The molecule has 1 aromatic carbocycles. The normalized spacial score (nSPS) is 14.6. The Labute approximate surface area is 153 Å². The summed E-state index contributed by atoms with van der Waals surface area (Å²) in [5, 5.41) is 6.66. The molecule has 7 nitrogen and oxygen atoms in total. The van der Waals surface area contributed by atoms with Crippen LogP contribution < -0.4 is 19.1 Å². The summed E-state index contributed by atoms with van der Waals surface area (Å²) in [4.78, 5) is 6.67. The Bertz CT molecular complexity index is 744. The molecule has 0 atom stereocenters. The molecule has 1 fully saturated rings. The SMILES string of the molecule is COc1cc(OC)c(OC)cc1/C=N/N1CCN(c2ccccn2)CC1. The van der Waals surface area contributed by atoms with Crippen molar-refractivity contribution in [1.82, 2.24) is 9.99 Å². The van der Waals surface area contributed by atoms with Gasteiger partial charge >= 0.3 is 0 Å². The van der Waals surface area contributed by atoms with Crippen LogP contribution in [0.3, 0.4) is 0 Å². The standard InChI is InChI=1S/C19H24N4O3/c1-24-16-13-18(26-3)17(25-2)12-15(16)14-21-23-10-8-22(9-11-23)19-6-4-5-7-20-19/h4-7,12-14H,8-11H2,1-3H3/b21-14+. The summed E-state index contributed by atoms with van der Waals surface area (Å²) in [5.41, 5.74) is 0.845. The molecule has 0 amide bonds. The van der Waals surface area contributed by atoms with Gasteiger partial charge in [0.2, 0.25) is 0 Å². The summed E-state index contributed by atoms with van der Waals surface area (Å²) in [5.74, 6) is 2.98. The number of pyridine rings is 1. The Hall–Kier alpha value is -2.96. The topological polar surface area (TPSA) is 59.4 Å². The number of hydrazone groups is 1. The number of rotatable bonds is 6. The van der Waals surface area contributed by atoms with Gasteiger partial charge in [0.15, 0.2) is 11.5 Å². The van der Waals surface area contributed by atoms with Crippen LogP contribution in [0.5, 0.6) is 17.2 Å². The number of aromatic nitrogens is 1. The third-order valence-electron chi connectivity index (χ3n) is 4.33. The number of ether oxygens (including phenoxy) is 3. The first-order chi connectivity index (χ1) is 12.7. The Morgan fingerprint density at radius 3 is 2.23 bits per heavy atom. The highest BCUT2D eigenvalue weighted by Gasteiger charge is 2.17. The van der Waals surface area contributed by atoms with Gasteiger partial charge in [-0.3, -0.25) is 5.01 Å². The second-order valence-corrected chi connectivity index (χ2v) is 5.82. The van der Waals surface area contributed by atoms with E-state index in [1.54, 1.807) is 33.6 Å². The van der Waals surface area contributed by atoms with Crippen molar-refractivity contribution in [3.05, 3.63) is 42.1 Å². The summed E-state index contributed by atoms with van der Waals surface area (Å²) in [6.45, 7) is 3.44. The van der Waals surface area contributed by atoms with E-state index in [9.17, 15) is 0 Å². The second kappa shape index (κ2) is 8.42. The first kappa shape index (κ1) is 17.8. The van der Waals surface area contributed by atoms with Crippen LogP contribution in [0.15, 0.2) is 41.6 Å². The van der Waals surface area contributed by atoms with Crippen molar-refractivity contribution in [2.45, 2.75) is 0 Å². The summed E-state index contributed by atoms with van der Waals surface area (Å²) in [6, 6.07) is 9.65. The first-order valence-electron chi connectivity index (χ1n) is 8.50. The zero-order chi connectivity index (χ0) is 18.4. The number of anilines is 1. The van der Waals surface area contributed by atoms with Crippen molar-refractivity contribution >= 4 is 12.0 Å². The van der Waals surface area contributed by atoms with Crippen molar-refractivity contribution < 1.29 is 14.2 Å². The molecular weight excluding hydrogens is 332 g/mol. The van der Waals surface area contributed by atoms with E-state index in [0.717, 1.165) is 37.6 Å². The van der Waals surface area contributed by atoms with Gasteiger partial charge in [0.25, 0.3) is 0 Å². The summed E-state index contributed by atoms with van der Waals surface area (Å²) < 4.78 is 16.1. The zero-order valence-corrected chi connectivity index (χ0v) is 15.4. The van der Waals surface area contributed by atoms with E-state index >= 15 is 0 Å². The van der Waals surface area contributed by atoms with Gasteiger partial charge in [-0.25, -0.2) is 4.98 Å². The third kappa shape index (κ3) is 3.99. The van der Waals surface area contributed by atoms with Crippen molar-refractivity contribution in [1.29, 1.82) is 0 Å². The third-order valence-corrected chi connectivity index (χ3v) is 4.33. The van der Waals surface area contributed by atoms with E-state index in [2.05, 4.69) is 20.0 Å². The van der Waals surface area contributed by atoms with Gasteiger partial charge in [-0.05, 0) is 18.2 Å². The molecule has 3 rings (SSSR count). The van der Waals surface area contributed by atoms with E-state index in [4.69, 9.17) is 14.2 Å². The predicted octanol–water partition coefficient (Wildman–Crippen LogP) is 2.26. The molecule has 2 aromatic rings. The summed E-state index contributed by atoms with van der Waals surface area (Å²) in [7, 11) is 4.85. The van der Waals surface area contributed by atoms with Gasteiger partial charge in [0.1, 0.15) is 11.6 Å². The first-order valence-corrected chi connectivity index (χ1v) is 8.50. The van der Waals surface area contributed by atoms with Crippen molar-refractivity contribution in [3.63, 3.8) is 0 Å². The predicted molar refractivity (Wildman–Crippen MR) is 102 cm³/mol. The lowest BCUT2D eigenvalue weighted by atomic mass is 10.2. The molecule has 138 valence electrons. The van der Waals surface area contributed by atoms with Crippen LogP contribution in [0.25, 0.3) is 0 Å². The molecule has 0 bridgehead atoms. The van der Waals surface area contributed by atoms with Gasteiger partial charge in [0, 0.05) is 30.9 Å². The minimum atomic E-state index is 0.630. The van der Waals surface area contributed by atoms with E-state index in [0.29, 0.717) is 17.2 Å². The van der Waals surface area contributed by atoms with Gasteiger partial charge < -0.3 is 19.1 Å². The summed E-state index contributed by atoms with van der Waals surface area (Å²) in [6.07, 6.45) is 3.63. The van der Waals surface area contributed by atoms with Crippen LogP contribution in [0.4, 0.5) is 5.82 Å². The maximum atomic E-state index is 5.44. The van der Waals surface area contributed by atoms with Crippen LogP contribution >= 0.6 is 0 Å². The number of hydrogen-bond acceptors (Lipinski definition) is 7. The van der Waals surface area contributed by atoms with Crippen molar-refractivity contribution in [2.75, 3.05) is 52.4 Å². The highest BCUT2D eigenvalue weighted by molar-refractivity contribution is 5.85. The van der Waals surface area contributed by atoms with E-state index in [-0.39, 0.29) is 0 Å². The van der Waals surface area contributed by atoms with Crippen LogP contribution in [-0.2, 0) is 0 Å². The quantitative estimate of drug-likeness (QED) is 0.740. The van der Waals surface area contributed by atoms with Crippen molar-refractivity contribution in [3.8, 4) is 17.2 Å². The molecule has 0 N–H and O–H groups in total. The number of methoxy groups -OCH3 is 3. The Balaban J connectivity index is 1.67. The molecule has 26 heavy (non-hydrogen) atoms. The monoisotopic (exact) mass is 356 g/mol. The molecule has 0 saturated carbocycles. The maximum Gasteiger partial charge on any atom is 0.164 e.